The van der Waals surface area contributed by atoms with Crippen molar-refractivity contribution < 1.29 is 10.0 Å². The molecular formula is C14H22N2O3. The quantitative estimate of drug-likeness (QED) is 0.587. The second kappa shape index (κ2) is 7.21. The minimum atomic E-state index is -0.324. The monoisotopic (exact) mass is 266 g/mol. The first-order chi connectivity index (χ1) is 8.95. The van der Waals surface area contributed by atoms with Crippen molar-refractivity contribution in [1.29, 1.82) is 0 Å². The lowest BCUT2D eigenvalue weighted by Crippen LogP contribution is -2.22. The lowest BCUT2D eigenvalue weighted by atomic mass is 9.99. The van der Waals surface area contributed by atoms with Gasteiger partial charge < -0.3 is 10.4 Å². The van der Waals surface area contributed by atoms with E-state index in [1.54, 1.807) is 6.07 Å². The van der Waals surface area contributed by atoms with Gasteiger partial charge in [-0.05, 0) is 17.4 Å². The Hall–Kier alpha value is -1.46. The number of nitro groups is 1. The van der Waals surface area contributed by atoms with Gasteiger partial charge in [-0.15, -0.1) is 0 Å². The van der Waals surface area contributed by atoms with Crippen LogP contribution in [0.25, 0.3) is 0 Å². The predicted octanol–water partition coefficient (Wildman–Crippen LogP) is 2.44. The van der Waals surface area contributed by atoms with E-state index in [1.807, 2.05) is 32.9 Å². The van der Waals surface area contributed by atoms with Crippen molar-refractivity contribution in [2.75, 3.05) is 13.2 Å². The summed E-state index contributed by atoms with van der Waals surface area (Å²) in [6.07, 6.45) is 0. The molecule has 1 aromatic rings. The average molecular weight is 266 g/mol. The number of benzene rings is 1. The average Bonchev–Trinajstić information content (AvgIpc) is 2.38. The summed E-state index contributed by atoms with van der Waals surface area (Å²) < 4.78 is 0. The zero-order valence-corrected chi connectivity index (χ0v) is 11.7. The fourth-order valence-corrected chi connectivity index (χ4v) is 1.87. The highest BCUT2D eigenvalue weighted by molar-refractivity contribution is 5.45. The maximum atomic E-state index is 11.1. The summed E-state index contributed by atoms with van der Waals surface area (Å²) in [5, 5.41) is 23.2. The maximum absolute atomic E-state index is 11.1. The van der Waals surface area contributed by atoms with Gasteiger partial charge in [0, 0.05) is 31.3 Å². The third kappa shape index (κ3) is 4.61. The van der Waals surface area contributed by atoms with Gasteiger partial charge in [-0.2, -0.15) is 0 Å². The van der Waals surface area contributed by atoms with Gasteiger partial charge in [-0.1, -0.05) is 32.9 Å². The van der Waals surface area contributed by atoms with Crippen LogP contribution in [0.15, 0.2) is 18.2 Å². The molecule has 0 aromatic heterocycles. The van der Waals surface area contributed by atoms with Gasteiger partial charge in [-0.25, -0.2) is 0 Å². The zero-order chi connectivity index (χ0) is 14.4. The van der Waals surface area contributed by atoms with Gasteiger partial charge in [-0.3, -0.25) is 10.1 Å². The Bertz CT molecular complexity index is 433. The highest BCUT2D eigenvalue weighted by Crippen LogP contribution is 2.27. The van der Waals surface area contributed by atoms with Gasteiger partial charge in [0.2, 0.25) is 0 Å². The Kier molecular flexibility index (Phi) is 5.92. The molecule has 106 valence electrons. The molecule has 0 fully saturated rings. The van der Waals surface area contributed by atoms with E-state index in [0.717, 1.165) is 11.1 Å². The second-order valence-electron chi connectivity index (χ2n) is 5.22. The Morgan fingerprint density at radius 3 is 2.58 bits per heavy atom. The first-order valence-corrected chi connectivity index (χ1v) is 6.54. The van der Waals surface area contributed by atoms with E-state index < -0.39 is 0 Å². The molecule has 0 radical (unpaired) electrons. The van der Waals surface area contributed by atoms with Gasteiger partial charge in [0.15, 0.2) is 0 Å². The van der Waals surface area contributed by atoms with Crippen LogP contribution in [-0.4, -0.2) is 23.2 Å². The molecule has 0 amide bonds. The first kappa shape index (κ1) is 15.6. The largest absolute Gasteiger partial charge is 0.396 e. The van der Waals surface area contributed by atoms with Crippen molar-refractivity contribution in [1.82, 2.24) is 5.32 Å². The minimum absolute atomic E-state index is 0.136. The lowest BCUT2D eigenvalue weighted by Gasteiger charge is -2.11. The molecule has 0 saturated heterocycles. The fourth-order valence-electron chi connectivity index (χ4n) is 1.87. The summed E-state index contributed by atoms with van der Waals surface area (Å²) in [5.41, 5.74) is 1.84. The SMILES string of the molecule is CC(CO)CNCc1ccc(C(C)C)c([N+](=O)[O-])c1. The molecule has 2 N–H and O–H groups in total. The molecule has 0 heterocycles. The van der Waals surface area contributed by atoms with Crippen molar-refractivity contribution in [2.45, 2.75) is 33.2 Å². The molecule has 5 heteroatoms. The molecule has 1 unspecified atom stereocenters. The number of hydrogen-bond donors (Lipinski definition) is 2. The van der Waals surface area contributed by atoms with Crippen molar-refractivity contribution in [3.63, 3.8) is 0 Å². The number of aliphatic hydroxyl groups is 1. The highest BCUT2D eigenvalue weighted by atomic mass is 16.6. The van der Waals surface area contributed by atoms with Crippen molar-refractivity contribution in [3.8, 4) is 0 Å². The summed E-state index contributed by atoms with van der Waals surface area (Å²) in [4.78, 5) is 10.7. The van der Waals surface area contributed by atoms with Crippen LogP contribution >= 0.6 is 0 Å². The van der Waals surface area contributed by atoms with Crippen LogP contribution in [0.4, 0.5) is 5.69 Å². The summed E-state index contributed by atoms with van der Waals surface area (Å²) in [5.74, 6) is 0.321. The predicted molar refractivity (Wildman–Crippen MR) is 75.1 cm³/mol. The molecule has 19 heavy (non-hydrogen) atoms. The van der Waals surface area contributed by atoms with Crippen molar-refractivity contribution >= 4 is 5.69 Å². The maximum Gasteiger partial charge on any atom is 0.273 e. The van der Waals surface area contributed by atoms with E-state index in [1.165, 1.54) is 0 Å². The second-order valence-corrected chi connectivity index (χ2v) is 5.22. The molecule has 0 spiro atoms. The summed E-state index contributed by atoms with van der Waals surface area (Å²) >= 11 is 0. The minimum Gasteiger partial charge on any atom is -0.396 e. The molecule has 1 aromatic carbocycles. The Morgan fingerprint density at radius 1 is 1.37 bits per heavy atom. The van der Waals surface area contributed by atoms with E-state index in [4.69, 9.17) is 5.11 Å². The number of hydrogen-bond acceptors (Lipinski definition) is 4. The smallest absolute Gasteiger partial charge is 0.273 e. The zero-order valence-electron chi connectivity index (χ0n) is 11.7. The van der Waals surface area contributed by atoms with Crippen LogP contribution in [0.1, 0.15) is 37.8 Å². The van der Waals surface area contributed by atoms with E-state index in [0.29, 0.717) is 13.1 Å². The molecule has 1 rings (SSSR count). The summed E-state index contributed by atoms with van der Waals surface area (Å²) in [7, 11) is 0. The van der Waals surface area contributed by atoms with Crippen molar-refractivity contribution in [2.24, 2.45) is 5.92 Å². The molecule has 0 bridgehead atoms. The molecule has 1 atom stereocenters. The van der Waals surface area contributed by atoms with E-state index >= 15 is 0 Å². The number of nitro benzene ring substituents is 1. The number of nitrogens with zero attached hydrogens (tertiary/aromatic N) is 1. The van der Waals surface area contributed by atoms with Crippen LogP contribution in [0, 0.1) is 16.0 Å². The van der Waals surface area contributed by atoms with Gasteiger partial charge in [0.05, 0.1) is 4.92 Å². The molecule has 0 saturated carbocycles. The van der Waals surface area contributed by atoms with Gasteiger partial charge >= 0.3 is 0 Å². The number of aliphatic hydroxyl groups excluding tert-OH is 1. The third-order valence-electron chi connectivity index (χ3n) is 3.05. The van der Waals surface area contributed by atoms with Crippen LogP contribution < -0.4 is 5.32 Å². The Labute approximate surface area is 113 Å². The van der Waals surface area contributed by atoms with Gasteiger partial charge in [0.1, 0.15) is 0 Å². The number of nitrogens with one attached hydrogen (secondary N) is 1. The Balaban J connectivity index is 2.76. The topological polar surface area (TPSA) is 75.4 Å². The summed E-state index contributed by atoms with van der Waals surface area (Å²) in [6, 6.07) is 5.38. The van der Waals surface area contributed by atoms with Gasteiger partial charge in [0.25, 0.3) is 5.69 Å². The van der Waals surface area contributed by atoms with Crippen LogP contribution in [-0.2, 0) is 6.54 Å². The molecule has 0 aliphatic rings. The lowest BCUT2D eigenvalue weighted by molar-refractivity contribution is -0.385. The highest BCUT2D eigenvalue weighted by Gasteiger charge is 2.16. The third-order valence-corrected chi connectivity index (χ3v) is 3.05. The molecular weight excluding hydrogens is 244 g/mol. The summed E-state index contributed by atoms with van der Waals surface area (Å²) in [6.45, 7) is 7.24. The van der Waals surface area contributed by atoms with Crippen molar-refractivity contribution in [3.05, 3.63) is 39.4 Å². The fraction of sp³-hybridized carbons (Fsp3) is 0.571. The van der Waals surface area contributed by atoms with E-state index in [9.17, 15) is 10.1 Å². The normalized spacial score (nSPS) is 12.7. The standard InChI is InChI=1S/C14H22N2O3/c1-10(2)13-5-4-12(6-14(13)16(18)19)8-15-7-11(3)9-17/h4-6,10-11,15,17H,7-9H2,1-3H3. The van der Waals surface area contributed by atoms with Crippen LogP contribution in [0.5, 0.6) is 0 Å². The van der Waals surface area contributed by atoms with Crippen LogP contribution in [0.2, 0.25) is 0 Å². The first-order valence-electron chi connectivity index (χ1n) is 6.54. The molecule has 0 aliphatic carbocycles. The van der Waals surface area contributed by atoms with E-state index in [-0.39, 0.29) is 29.1 Å². The van der Waals surface area contributed by atoms with Crippen LogP contribution in [0.3, 0.4) is 0 Å². The van der Waals surface area contributed by atoms with E-state index in [2.05, 4.69) is 5.32 Å². The molecule has 0 aliphatic heterocycles. The molecule has 5 nitrogen and oxygen atoms in total. The Morgan fingerprint density at radius 2 is 2.05 bits per heavy atom. The number of rotatable bonds is 7.